The average Bonchev–Trinajstić information content (AvgIpc) is 2.50. The minimum absolute atomic E-state index is 0.307. The van der Waals surface area contributed by atoms with Crippen molar-refractivity contribution < 1.29 is 5.11 Å². The summed E-state index contributed by atoms with van der Waals surface area (Å²) in [7, 11) is 0. The van der Waals surface area contributed by atoms with Crippen molar-refractivity contribution in [3.8, 4) is 5.75 Å². The predicted molar refractivity (Wildman–Crippen MR) is 92.8 cm³/mol. The Morgan fingerprint density at radius 1 is 1.05 bits per heavy atom. The molecule has 0 atom stereocenters. The second-order valence-corrected chi connectivity index (χ2v) is 6.11. The molecule has 0 radical (unpaired) electrons. The van der Waals surface area contributed by atoms with E-state index < -0.39 is 0 Å². The van der Waals surface area contributed by atoms with Gasteiger partial charge >= 0.3 is 0 Å². The third-order valence-electron chi connectivity index (χ3n) is 3.58. The molecule has 2 aromatic carbocycles. The molecule has 2 rings (SSSR count). The van der Waals surface area contributed by atoms with Gasteiger partial charge in [0.05, 0.1) is 4.47 Å². The third kappa shape index (κ3) is 4.78. The number of nitrogens with one attached hydrogen (secondary N) is 1. The fourth-order valence-electron chi connectivity index (χ4n) is 2.27. The first-order valence-electron chi connectivity index (χ1n) is 7.50. The Labute approximate surface area is 135 Å². The molecule has 2 aromatic rings. The zero-order chi connectivity index (χ0) is 15.1. The summed E-state index contributed by atoms with van der Waals surface area (Å²) in [5.41, 5.74) is 3.35. The monoisotopic (exact) mass is 347 g/mol. The maximum Gasteiger partial charge on any atom is 0.134 e. The Kier molecular flexibility index (Phi) is 6.12. The third-order valence-corrected chi connectivity index (χ3v) is 4.22. The molecule has 0 aliphatic carbocycles. The highest BCUT2D eigenvalue weighted by atomic mass is 79.9. The smallest absolute Gasteiger partial charge is 0.134 e. The fraction of sp³-hybridized carbons (Fsp3) is 0.333. The minimum atomic E-state index is 0.307. The molecule has 2 nitrogen and oxygen atoms in total. The number of hydrogen-bond acceptors (Lipinski definition) is 2. The van der Waals surface area contributed by atoms with Crippen molar-refractivity contribution in [1.82, 2.24) is 0 Å². The van der Waals surface area contributed by atoms with Gasteiger partial charge in [-0.2, -0.15) is 0 Å². The standard InChI is InChI=1S/C18H22BrNO/c1-2-3-4-6-14-9-11-16(12-10-14)20-13-15-7-5-8-17(19)18(15)21/h5,7-12,20-21H,2-4,6,13H2,1H3. The van der Waals surface area contributed by atoms with Gasteiger partial charge in [-0.1, -0.05) is 44.0 Å². The van der Waals surface area contributed by atoms with E-state index in [1.165, 1.54) is 24.8 Å². The van der Waals surface area contributed by atoms with Crippen LogP contribution in [0.5, 0.6) is 5.75 Å². The maximum atomic E-state index is 9.95. The summed E-state index contributed by atoms with van der Waals surface area (Å²) >= 11 is 3.33. The molecule has 0 fully saturated rings. The molecule has 0 aliphatic rings. The van der Waals surface area contributed by atoms with E-state index in [4.69, 9.17) is 0 Å². The highest BCUT2D eigenvalue weighted by molar-refractivity contribution is 9.10. The number of phenols is 1. The van der Waals surface area contributed by atoms with Gasteiger partial charge < -0.3 is 10.4 Å². The lowest BCUT2D eigenvalue weighted by Gasteiger charge is -2.10. The Morgan fingerprint density at radius 2 is 1.81 bits per heavy atom. The molecule has 0 unspecified atom stereocenters. The van der Waals surface area contributed by atoms with Gasteiger partial charge in [-0.15, -0.1) is 0 Å². The summed E-state index contributed by atoms with van der Waals surface area (Å²) in [6, 6.07) is 14.3. The highest BCUT2D eigenvalue weighted by Crippen LogP contribution is 2.28. The van der Waals surface area contributed by atoms with Crippen LogP contribution in [-0.4, -0.2) is 5.11 Å². The van der Waals surface area contributed by atoms with Crippen molar-refractivity contribution in [3.05, 3.63) is 58.1 Å². The number of unbranched alkanes of at least 4 members (excludes halogenated alkanes) is 2. The molecule has 2 N–H and O–H groups in total. The number of rotatable bonds is 7. The summed E-state index contributed by atoms with van der Waals surface area (Å²) in [4.78, 5) is 0. The van der Waals surface area contributed by atoms with E-state index >= 15 is 0 Å². The van der Waals surface area contributed by atoms with Crippen LogP contribution in [0.15, 0.2) is 46.9 Å². The van der Waals surface area contributed by atoms with Crippen LogP contribution in [0, 0.1) is 0 Å². The molecule has 0 heterocycles. The van der Waals surface area contributed by atoms with E-state index in [0.29, 0.717) is 12.3 Å². The molecule has 0 saturated carbocycles. The summed E-state index contributed by atoms with van der Waals surface area (Å²) in [5, 5.41) is 13.3. The van der Waals surface area contributed by atoms with E-state index in [-0.39, 0.29) is 0 Å². The van der Waals surface area contributed by atoms with Crippen LogP contribution in [0.3, 0.4) is 0 Å². The zero-order valence-electron chi connectivity index (χ0n) is 12.4. The fourth-order valence-corrected chi connectivity index (χ4v) is 2.68. The van der Waals surface area contributed by atoms with Crippen molar-refractivity contribution in [2.75, 3.05) is 5.32 Å². The first-order chi connectivity index (χ1) is 10.2. The van der Waals surface area contributed by atoms with Gasteiger partial charge in [-0.25, -0.2) is 0 Å². The van der Waals surface area contributed by atoms with Gasteiger partial charge in [-0.3, -0.25) is 0 Å². The summed E-state index contributed by atoms with van der Waals surface area (Å²) in [6.07, 6.45) is 4.97. The molecule has 0 saturated heterocycles. The molecule has 21 heavy (non-hydrogen) atoms. The lowest BCUT2D eigenvalue weighted by molar-refractivity contribution is 0.465. The molecule has 112 valence electrons. The largest absolute Gasteiger partial charge is 0.506 e. The van der Waals surface area contributed by atoms with Crippen LogP contribution in [-0.2, 0) is 13.0 Å². The number of benzene rings is 2. The molecular formula is C18H22BrNO. The Balaban J connectivity index is 1.90. The van der Waals surface area contributed by atoms with Crippen molar-refractivity contribution in [2.45, 2.75) is 39.2 Å². The second kappa shape index (κ2) is 8.08. The van der Waals surface area contributed by atoms with Crippen molar-refractivity contribution in [1.29, 1.82) is 0 Å². The summed E-state index contributed by atoms with van der Waals surface area (Å²) in [5.74, 6) is 0.307. The SMILES string of the molecule is CCCCCc1ccc(NCc2cccc(Br)c2O)cc1. The molecule has 0 amide bonds. The van der Waals surface area contributed by atoms with E-state index in [9.17, 15) is 5.11 Å². The van der Waals surface area contributed by atoms with Crippen LogP contribution in [0.25, 0.3) is 0 Å². The Hall–Kier alpha value is -1.48. The molecule has 0 aliphatic heterocycles. The van der Waals surface area contributed by atoms with Crippen LogP contribution in [0.4, 0.5) is 5.69 Å². The zero-order valence-corrected chi connectivity index (χ0v) is 14.0. The van der Waals surface area contributed by atoms with E-state index in [1.807, 2.05) is 18.2 Å². The van der Waals surface area contributed by atoms with Gasteiger partial charge in [0, 0.05) is 17.8 Å². The lowest BCUT2D eigenvalue weighted by atomic mass is 10.1. The summed E-state index contributed by atoms with van der Waals surface area (Å²) < 4.78 is 0.730. The second-order valence-electron chi connectivity index (χ2n) is 5.26. The molecule has 0 spiro atoms. The Bertz CT molecular complexity index is 566. The van der Waals surface area contributed by atoms with Gasteiger partial charge in [0.1, 0.15) is 5.75 Å². The van der Waals surface area contributed by atoms with Gasteiger partial charge in [0.25, 0.3) is 0 Å². The number of aryl methyl sites for hydroxylation is 1. The maximum absolute atomic E-state index is 9.95. The molecular weight excluding hydrogens is 326 g/mol. The minimum Gasteiger partial charge on any atom is -0.506 e. The quantitative estimate of drug-likeness (QED) is 0.648. The van der Waals surface area contributed by atoms with Gasteiger partial charge in [0.2, 0.25) is 0 Å². The van der Waals surface area contributed by atoms with Crippen LogP contribution >= 0.6 is 15.9 Å². The number of halogens is 1. The number of phenolic OH excluding ortho intramolecular Hbond substituents is 1. The summed E-state index contributed by atoms with van der Waals surface area (Å²) in [6.45, 7) is 2.84. The number of anilines is 1. The number of para-hydroxylation sites is 1. The van der Waals surface area contributed by atoms with Crippen LogP contribution in [0.1, 0.15) is 37.3 Å². The van der Waals surface area contributed by atoms with Crippen molar-refractivity contribution in [2.24, 2.45) is 0 Å². The number of hydrogen-bond donors (Lipinski definition) is 2. The van der Waals surface area contributed by atoms with Gasteiger partial charge in [0.15, 0.2) is 0 Å². The molecule has 0 bridgehead atoms. The number of aromatic hydroxyl groups is 1. The van der Waals surface area contributed by atoms with E-state index in [2.05, 4.69) is 52.4 Å². The Morgan fingerprint density at radius 3 is 2.52 bits per heavy atom. The predicted octanol–water partition coefficient (Wildman–Crippen LogP) is 5.50. The van der Waals surface area contributed by atoms with Crippen molar-refractivity contribution >= 4 is 21.6 Å². The van der Waals surface area contributed by atoms with Crippen molar-refractivity contribution in [3.63, 3.8) is 0 Å². The van der Waals surface area contributed by atoms with E-state index in [1.54, 1.807) is 0 Å². The van der Waals surface area contributed by atoms with Crippen LogP contribution in [0.2, 0.25) is 0 Å². The first kappa shape index (κ1) is 15.9. The molecule has 0 aromatic heterocycles. The lowest BCUT2D eigenvalue weighted by Crippen LogP contribution is -2.00. The van der Waals surface area contributed by atoms with Crippen LogP contribution < -0.4 is 5.32 Å². The van der Waals surface area contributed by atoms with Gasteiger partial charge in [-0.05, 0) is 52.5 Å². The molecule has 3 heteroatoms. The topological polar surface area (TPSA) is 32.3 Å². The normalized spacial score (nSPS) is 10.6. The average molecular weight is 348 g/mol. The first-order valence-corrected chi connectivity index (χ1v) is 8.29. The highest BCUT2D eigenvalue weighted by Gasteiger charge is 2.04. The van der Waals surface area contributed by atoms with E-state index in [0.717, 1.165) is 22.1 Å².